The predicted octanol–water partition coefficient (Wildman–Crippen LogP) is 10.5. The summed E-state index contributed by atoms with van der Waals surface area (Å²) in [6.07, 6.45) is 47.6. The number of hydrogen-bond acceptors (Lipinski definition) is 9. The molecule has 0 bridgehead atoms. The van der Waals surface area contributed by atoms with Crippen molar-refractivity contribution in [3.05, 3.63) is 97.2 Å². The van der Waals surface area contributed by atoms with Crippen molar-refractivity contribution in [1.82, 2.24) is 0 Å². The fraction of sp³-hybridized carbons (Fsp3) is 0.568. The molecule has 0 aliphatic rings. The lowest BCUT2D eigenvalue weighted by atomic mass is 10.1. The van der Waals surface area contributed by atoms with E-state index < -0.39 is 51.1 Å². The smallest absolute Gasteiger partial charge is 0.472 e. The quantitative estimate of drug-likeness (QED) is 0.0238. The van der Waals surface area contributed by atoms with E-state index in [2.05, 4.69) is 116 Å². The van der Waals surface area contributed by atoms with E-state index in [0.29, 0.717) is 12.8 Å². The molecule has 3 atom stereocenters. The maximum atomic E-state index is 12.6. The topological polar surface area (TPSA) is 172 Å². The fourth-order valence-electron chi connectivity index (χ4n) is 4.69. The van der Waals surface area contributed by atoms with Gasteiger partial charge in [-0.15, -0.1) is 0 Å². The highest BCUT2D eigenvalue weighted by molar-refractivity contribution is 7.47. The van der Waals surface area contributed by atoms with Crippen molar-refractivity contribution in [1.29, 1.82) is 0 Å². The van der Waals surface area contributed by atoms with Crippen LogP contribution in [0.25, 0.3) is 0 Å². The van der Waals surface area contributed by atoms with Crippen molar-refractivity contribution in [2.45, 2.75) is 142 Å². The SMILES string of the molecule is CC/C=C\C/C=C\C/C=C\C/C=C\CCCCCCC(=O)OC[C@H](COP(=O)(O)OC[C@H](N)C(=O)O)OC(=O)CCCC/C=C\C/C=C\C/C=C\C/C=C\CC. The Labute approximate surface area is 336 Å². The summed E-state index contributed by atoms with van der Waals surface area (Å²) in [4.78, 5) is 45.9. The zero-order valence-electron chi connectivity index (χ0n) is 33.9. The van der Waals surface area contributed by atoms with E-state index in [-0.39, 0.29) is 19.4 Å². The van der Waals surface area contributed by atoms with Crippen molar-refractivity contribution in [2.75, 3.05) is 19.8 Å². The van der Waals surface area contributed by atoms with Gasteiger partial charge in [-0.1, -0.05) is 124 Å². The molecule has 0 spiro atoms. The lowest BCUT2D eigenvalue weighted by Gasteiger charge is -2.20. The van der Waals surface area contributed by atoms with Crippen molar-refractivity contribution in [3.8, 4) is 0 Å². The lowest BCUT2D eigenvalue weighted by molar-refractivity contribution is -0.161. The summed E-state index contributed by atoms with van der Waals surface area (Å²) in [6, 6.07) is -1.54. The Morgan fingerprint density at radius 2 is 0.946 bits per heavy atom. The van der Waals surface area contributed by atoms with E-state index in [1.807, 2.05) is 0 Å². The molecular weight excluding hydrogens is 733 g/mol. The van der Waals surface area contributed by atoms with Gasteiger partial charge in [0.1, 0.15) is 12.6 Å². The first-order valence-electron chi connectivity index (χ1n) is 20.3. The normalized spacial score (nSPS) is 14.8. The predicted molar refractivity (Wildman–Crippen MR) is 226 cm³/mol. The number of nitrogens with two attached hydrogens (primary N) is 1. The molecule has 11 nitrogen and oxygen atoms in total. The van der Waals surface area contributed by atoms with Crippen LogP contribution in [-0.2, 0) is 37.5 Å². The summed E-state index contributed by atoms with van der Waals surface area (Å²) in [5.74, 6) is -2.48. The molecule has 0 aliphatic heterocycles. The van der Waals surface area contributed by atoms with Crippen LogP contribution in [0.3, 0.4) is 0 Å². The van der Waals surface area contributed by atoms with Gasteiger partial charge >= 0.3 is 25.7 Å². The first kappa shape index (κ1) is 52.4. The van der Waals surface area contributed by atoms with E-state index in [0.717, 1.165) is 89.9 Å². The van der Waals surface area contributed by atoms with Gasteiger partial charge in [-0.25, -0.2) is 4.57 Å². The first-order chi connectivity index (χ1) is 27.1. The molecule has 0 heterocycles. The van der Waals surface area contributed by atoms with Crippen LogP contribution in [0.5, 0.6) is 0 Å². The second-order valence-corrected chi connectivity index (χ2v) is 14.5. The summed E-state index contributed by atoms with van der Waals surface area (Å²) in [5, 5.41) is 8.88. The van der Waals surface area contributed by atoms with Gasteiger partial charge in [0.25, 0.3) is 0 Å². The molecule has 1 unspecified atom stereocenters. The molecule has 0 saturated carbocycles. The van der Waals surface area contributed by atoms with Gasteiger partial charge in [-0.2, -0.15) is 0 Å². The number of phosphoric ester groups is 1. The highest BCUT2D eigenvalue weighted by Crippen LogP contribution is 2.43. The van der Waals surface area contributed by atoms with Gasteiger partial charge < -0.3 is 25.2 Å². The second-order valence-electron chi connectivity index (χ2n) is 13.0. The molecule has 12 heteroatoms. The second kappa shape index (κ2) is 38.3. The number of unbranched alkanes of at least 4 members (excludes halogenated alkanes) is 6. The maximum absolute atomic E-state index is 12.6. The molecular formula is C44H70NO10P. The van der Waals surface area contributed by atoms with Crippen LogP contribution in [-0.4, -0.2) is 59.9 Å². The number of carboxylic acid groups (broad SMARTS) is 1. The van der Waals surface area contributed by atoms with E-state index in [9.17, 15) is 23.8 Å². The van der Waals surface area contributed by atoms with E-state index >= 15 is 0 Å². The number of allylic oxidation sites excluding steroid dienone is 16. The molecule has 0 radical (unpaired) electrons. The first-order valence-corrected chi connectivity index (χ1v) is 21.8. The molecule has 0 saturated heterocycles. The molecule has 56 heavy (non-hydrogen) atoms. The number of hydrogen-bond donors (Lipinski definition) is 3. The van der Waals surface area contributed by atoms with Gasteiger partial charge in [0.15, 0.2) is 6.10 Å². The van der Waals surface area contributed by atoms with Gasteiger partial charge in [-0.3, -0.25) is 23.4 Å². The standard InChI is InChI=1S/C44H70NO10P/c1-3-5-7-9-11-13-15-17-19-20-22-23-25-27-29-31-33-35-42(46)52-37-40(38-53-56(50,51)54-39-41(45)44(48)49)55-43(47)36-34-32-30-28-26-24-21-18-16-14-12-10-8-6-4-2/h5-8,11-14,17-19,21-23,26,28,40-41H,3-4,9-10,15-16,20,24-25,27,29-39,45H2,1-2H3,(H,48,49)(H,50,51)/b7-5-,8-6-,13-11-,14-12-,19-17-,21-18-,23-22-,28-26-/t40-,41+/m1/s1. The van der Waals surface area contributed by atoms with Crippen LogP contribution in [0.15, 0.2) is 97.2 Å². The molecule has 0 fully saturated rings. The number of esters is 2. The van der Waals surface area contributed by atoms with Crippen molar-refractivity contribution >= 4 is 25.7 Å². The lowest BCUT2D eigenvalue weighted by Crippen LogP contribution is -2.34. The maximum Gasteiger partial charge on any atom is 0.472 e. The van der Waals surface area contributed by atoms with Gasteiger partial charge in [0.05, 0.1) is 13.2 Å². The van der Waals surface area contributed by atoms with E-state index in [4.69, 9.17) is 24.8 Å². The Hall–Kier alpha value is -3.60. The van der Waals surface area contributed by atoms with Crippen LogP contribution in [0.4, 0.5) is 0 Å². The highest BCUT2D eigenvalue weighted by atomic mass is 31.2. The number of carboxylic acids is 1. The summed E-state index contributed by atoms with van der Waals surface area (Å²) >= 11 is 0. The van der Waals surface area contributed by atoms with Crippen LogP contribution in [0, 0.1) is 0 Å². The summed E-state index contributed by atoms with van der Waals surface area (Å²) in [6.45, 7) is 2.47. The minimum absolute atomic E-state index is 0.0969. The third-order valence-electron chi connectivity index (χ3n) is 7.83. The summed E-state index contributed by atoms with van der Waals surface area (Å²) in [5.41, 5.74) is 5.32. The molecule has 0 aliphatic carbocycles. The zero-order chi connectivity index (χ0) is 41.4. The number of carbonyl (C=O) groups excluding carboxylic acids is 2. The number of rotatable bonds is 36. The van der Waals surface area contributed by atoms with Crippen LogP contribution < -0.4 is 5.73 Å². The third-order valence-corrected chi connectivity index (χ3v) is 8.78. The van der Waals surface area contributed by atoms with E-state index in [1.165, 1.54) is 0 Å². The van der Waals surface area contributed by atoms with Gasteiger partial charge in [0.2, 0.25) is 0 Å². The molecule has 0 aromatic rings. The van der Waals surface area contributed by atoms with Crippen molar-refractivity contribution in [3.63, 3.8) is 0 Å². The Kier molecular flexibility index (Phi) is 35.8. The Morgan fingerprint density at radius 3 is 1.43 bits per heavy atom. The molecule has 4 N–H and O–H groups in total. The van der Waals surface area contributed by atoms with Crippen LogP contribution in [0.1, 0.15) is 129 Å². The van der Waals surface area contributed by atoms with Crippen LogP contribution in [0.2, 0.25) is 0 Å². The molecule has 0 rings (SSSR count). The van der Waals surface area contributed by atoms with Gasteiger partial charge in [0, 0.05) is 12.8 Å². The highest BCUT2D eigenvalue weighted by Gasteiger charge is 2.28. The monoisotopic (exact) mass is 803 g/mol. The molecule has 0 amide bonds. The number of aliphatic carboxylic acids is 1. The summed E-state index contributed by atoms with van der Waals surface area (Å²) in [7, 11) is -4.74. The average Bonchev–Trinajstić information content (AvgIpc) is 3.17. The zero-order valence-corrected chi connectivity index (χ0v) is 34.8. The van der Waals surface area contributed by atoms with Crippen molar-refractivity contribution in [2.24, 2.45) is 5.73 Å². The Balaban J connectivity index is 4.54. The molecule has 0 aromatic carbocycles. The summed E-state index contributed by atoms with van der Waals surface area (Å²) < 4.78 is 32.6. The van der Waals surface area contributed by atoms with Crippen LogP contribution >= 0.6 is 7.82 Å². The van der Waals surface area contributed by atoms with E-state index in [1.54, 1.807) is 0 Å². The average molecular weight is 804 g/mol. The number of ether oxygens (including phenoxy) is 2. The van der Waals surface area contributed by atoms with Crippen molar-refractivity contribution < 1.29 is 47.5 Å². The Bertz CT molecular complexity index is 1310. The molecule has 316 valence electrons. The Morgan fingerprint density at radius 1 is 0.554 bits per heavy atom. The van der Waals surface area contributed by atoms with Gasteiger partial charge in [-0.05, 0) is 89.9 Å². The molecule has 0 aromatic heterocycles. The largest absolute Gasteiger partial charge is 0.480 e. The minimum Gasteiger partial charge on any atom is -0.480 e. The number of phosphoric acid groups is 1. The number of carbonyl (C=O) groups is 3. The minimum atomic E-state index is -4.74. The third kappa shape index (κ3) is 37.3. The fourth-order valence-corrected chi connectivity index (χ4v) is 5.47.